The van der Waals surface area contributed by atoms with Crippen LogP contribution in [0, 0.1) is 6.92 Å². The van der Waals surface area contributed by atoms with E-state index < -0.39 is 0 Å². The number of rotatable bonds is 4. The largest absolute Gasteiger partial charge is 0.384 e. The molecule has 100 valence electrons. The highest BCUT2D eigenvalue weighted by Crippen LogP contribution is 2.22. The molecule has 0 fully saturated rings. The van der Waals surface area contributed by atoms with Crippen LogP contribution in [-0.2, 0) is 0 Å². The fraction of sp³-hybridized carbons (Fsp3) is 0.333. The standard InChI is InChI=1S/C15H20N4/c1-4-19(5-2)15-17-13(10-14(16)18-15)12-8-6-11(3)7-9-12/h6-10H,4-5H2,1-3H3,(H2,16,17,18). The predicted octanol–water partition coefficient (Wildman–Crippen LogP) is 2.88. The summed E-state index contributed by atoms with van der Waals surface area (Å²) in [5, 5.41) is 0. The maximum atomic E-state index is 5.90. The Morgan fingerprint density at radius 3 is 2.26 bits per heavy atom. The predicted molar refractivity (Wildman–Crippen MR) is 80.2 cm³/mol. The molecule has 0 bridgehead atoms. The topological polar surface area (TPSA) is 55.0 Å². The van der Waals surface area contributed by atoms with Crippen molar-refractivity contribution in [1.29, 1.82) is 0 Å². The monoisotopic (exact) mass is 256 g/mol. The van der Waals surface area contributed by atoms with Crippen molar-refractivity contribution in [1.82, 2.24) is 9.97 Å². The fourth-order valence-electron chi connectivity index (χ4n) is 1.97. The van der Waals surface area contributed by atoms with Crippen LogP contribution in [-0.4, -0.2) is 23.1 Å². The molecule has 0 saturated heterocycles. The van der Waals surface area contributed by atoms with Crippen molar-refractivity contribution in [3.8, 4) is 11.3 Å². The van der Waals surface area contributed by atoms with Gasteiger partial charge in [-0.15, -0.1) is 0 Å². The third kappa shape index (κ3) is 3.02. The summed E-state index contributed by atoms with van der Waals surface area (Å²) in [6.45, 7) is 7.98. The van der Waals surface area contributed by atoms with Crippen LogP contribution >= 0.6 is 0 Å². The number of nitrogens with zero attached hydrogens (tertiary/aromatic N) is 3. The van der Waals surface area contributed by atoms with Crippen LogP contribution in [0.2, 0.25) is 0 Å². The summed E-state index contributed by atoms with van der Waals surface area (Å²) in [6.07, 6.45) is 0. The van der Waals surface area contributed by atoms with E-state index >= 15 is 0 Å². The van der Waals surface area contributed by atoms with Gasteiger partial charge in [-0.05, 0) is 20.8 Å². The van der Waals surface area contributed by atoms with Gasteiger partial charge < -0.3 is 10.6 Å². The smallest absolute Gasteiger partial charge is 0.227 e. The molecule has 1 aromatic carbocycles. The van der Waals surface area contributed by atoms with Crippen molar-refractivity contribution in [2.45, 2.75) is 20.8 Å². The summed E-state index contributed by atoms with van der Waals surface area (Å²) in [4.78, 5) is 11.0. The van der Waals surface area contributed by atoms with Gasteiger partial charge in [0, 0.05) is 24.7 Å². The van der Waals surface area contributed by atoms with E-state index in [-0.39, 0.29) is 0 Å². The average molecular weight is 256 g/mol. The van der Waals surface area contributed by atoms with Gasteiger partial charge in [0.2, 0.25) is 5.95 Å². The van der Waals surface area contributed by atoms with E-state index in [9.17, 15) is 0 Å². The first-order valence-corrected chi connectivity index (χ1v) is 6.60. The van der Waals surface area contributed by atoms with Crippen molar-refractivity contribution >= 4 is 11.8 Å². The van der Waals surface area contributed by atoms with E-state index in [1.807, 2.05) is 6.07 Å². The minimum atomic E-state index is 0.507. The summed E-state index contributed by atoms with van der Waals surface area (Å²) < 4.78 is 0. The lowest BCUT2D eigenvalue weighted by molar-refractivity contribution is 0.824. The van der Waals surface area contributed by atoms with Crippen LogP contribution in [0.1, 0.15) is 19.4 Å². The van der Waals surface area contributed by atoms with Gasteiger partial charge in [-0.2, -0.15) is 4.98 Å². The lowest BCUT2D eigenvalue weighted by atomic mass is 10.1. The molecule has 0 spiro atoms. The van der Waals surface area contributed by atoms with E-state index in [4.69, 9.17) is 5.73 Å². The Hall–Kier alpha value is -2.10. The molecule has 0 unspecified atom stereocenters. The molecule has 4 heteroatoms. The van der Waals surface area contributed by atoms with Gasteiger partial charge in [0.05, 0.1) is 5.69 Å². The van der Waals surface area contributed by atoms with Gasteiger partial charge in [0.1, 0.15) is 5.82 Å². The molecule has 0 amide bonds. The van der Waals surface area contributed by atoms with Crippen LogP contribution in [0.15, 0.2) is 30.3 Å². The van der Waals surface area contributed by atoms with Gasteiger partial charge in [0.25, 0.3) is 0 Å². The van der Waals surface area contributed by atoms with Gasteiger partial charge in [-0.3, -0.25) is 0 Å². The first kappa shape index (κ1) is 13.3. The number of benzene rings is 1. The first-order chi connectivity index (χ1) is 9.13. The Kier molecular flexibility index (Phi) is 4.00. The minimum absolute atomic E-state index is 0.507. The molecule has 2 aromatic rings. The van der Waals surface area contributed by atoms with Gasteiger partial charge in [-0.1, -0.05) is 29.8 Å². The van der Waals surface area contributed by atoms with Crippen molar-refractivity contribution in [2.24, 2.45) is 0 Å². The van der Waals surface area contributed by atoms with Crippen LogP contribution in [0.4, 0.5) is 11.8 Å². The van der Waals surface area contributed by atoms with Gasteiger partial charge in [0.15, 0.2) is 0 Å². The van der Waals surface area contributed by atoms with Gasteiger partial charge in [-0.25, -0.2) is 4.98 Å². The molecule has 1 aromatic heterocycles. The molecule has 4 nitrogen and oxygen atoms in total. The highest BCUT2D eigenvalue weighted by molar-refractivity contribution is 5.64. The molecule has 0 aliphatic heterocycles. The zero-order valence-corrected chi connectivity index (χ0v) is 11.7. The van der Waals surface area contributed by atoms with Crippen molar-refractivity contribution in [3.63, 3.8) is 0 Å². The molecule has 1 heterocycles. The summed E-state index contributed by atoms with van der Waals surface area (Å²) in [6, 6.07) is 10.1. The zero-order chi connectivity index (χ0) is 13.8. The quantitative estimate of drug-likeness (QED) is 0.914. The maximum Gasteiger partial charge on any atom is 0.227 e. The lowest BCUT2D eigenvalue weighted by Crippen LogP contribution is -2.24. The van der Waals surface area contributed by atoms with Crippen molar-refractivity contribution in [2.75, 3.05) is 23.7 Å². The molecule has 2 rings (SSSR count). The third-order valence-corrected chi connectivity index (χ3v) is 3.13. The molecule has 19 heavy (non-hydrogen) atoms. The fourth-order valence-corrected chi connectivity index (χ4v) is 1.97. The Bertz CT molecular complexity index is 545. The van der Waals surface area contributed by atoms with Crippen LogP contribution < -0.4 is 10.6 Å². The van der Waals surface area contributed by atoms with Crippen molar-refractivity contribution < 1.29 is 0 Å². The molecule has 0 atom stereocenters. The highest BCUT2D eigenvalue weighted by Gasteiger charge is 2.09. The van der Waals surface area contributed by atoms with Crippen molar-refractivity contribution in [3.05, 3.63) is 35.9 Å². The lowest BCUT2D eigenvalue weighted by Gasteiger charge is -2.19. The first-order valence-electron chi connectivity index (χ1n) is 6.60. The molecule has 2 N–H and O–H groups in total. The van der Waals surface area contributed by atoms with Gasteiger partial charge >= 0.3 is 0 Å². The van der Waals surface area contributed by atoms with E-state index in [0.717, 1.165) is 24.3 Å². The molecular formula is C15H20N4. The van der Waals surface area contributed by atoms with Crippen LogP contribution in [0.25, 0.3) is 11.3 Å². The summed E-state index contributed by atoms with van der Waals surface area (Å²) in [5.74, 6) is 1.20. The molecule has 0 saturated carbocycles. The van der Waals surface area contributed by atoms with Crippen LogP contribution in [0.3, 0.4) is 0 Å². The molecular weight excluding hydrogens is 236 g/mol. The number of anilines is 2. The summed E-state index contributed by atoms with van der Waals surface area (Å²) in [7, 11) is 0. The van der Waals surface area contributed by atoms with E-state index in [1.165, 1.54) is 5.56 Å². The second kappa shape index (κ2) is 5.69. The number of nitrogens with two attached hydrogens (primary N) is 1. The highest BCUT2D eigenvalue weighted by atomic mass is 15.2. The Balaban J connectivity index is 2.44. The number of hydrogen-bond donors (Lipinski definition) is 1. The number of aromatic nitrogens is 2. The number of hydrogen-bond acceptors (Lipinski definition) is 4. The number of aryl methyl sites for hydroxylation is 1. The van der Waals surface area contributed by atoms with E-state index in [2.05, 4.69) is 59.9 Å². The number of nitrogen functional groups attached to an aromatic ring is 1. The summed E-state index contributed by atoms with van der Waals surface area (Å²) >= 11 is 0. The van der Waals surface area contributed by atoms with Crippen LogP contribution in [0.5, 0.6) is 0 Å². The average Bonchev–Trinajstić information content (AvgIpc) is 2.40. The Morgan fingerprint density at radius 1 is 1.05 bits per heavy atom. The summed E-state index contributed by atoms with van der Waals surface area (Å²) in [5.41, 5.74) is 9.06. The normalized spacial score (nSPS) is 10.5. The maximum absolute atomic E-state index is 5.90. The second-order valence-electron chi connectivity index (χ2n) is 4.52. The Morgan fingerprint density at radius 2 is 1.68 bits per heavy atom. The van der Waals surface area contributed by atoms with E-state index in [0.29, 0.717) is 11.8 Å². The Labute approximate surface area is 114 Å². The molecule has 0 aliphatic carbocycles. The SMILES string of the molecule is CCN(CC)c1nc(N)cc(-c2ccc(C)cc2)n1. The second-order valence-corrected chi connectivity index (χ2v) is 4.52. The third-order valence-electron chi connectivity index (χ3n) is 3.13. The molecule has 0 radical (unpaired) electrons. The zero-order valence-electron chi connectivity index (χ0n) is 11.7. The van der Waals surface area contributed by atoms with E-state index in [1.54, 1.807) is 0 Å². The molecule has 0 aliphatic rings. The minimum Gasteiger partial charge on any atom is -0.384 e.